The fourth-order valence-electron chi connectivity index (χ4n) is 6.55. The lowest BCUT2D eigenvalue weighted by molar-refractivity contribution is -0.976. The highest BCUT2D eigenvalue weighted by Crippen LogP contribution is 2.30. The van der Waals surface area contributed by atoms with E-state index in [2.05, 4.69) is 16.1 Å². The number of carboxylic acids is 2. The topological polar surface area (TPSA) is 154 Å². The molecule has 1 saturated carbocycles. The number of quaternary nitrogens is 1. The third kappa shape index (κ3) is 11.0. The Labute approximate surface area is 252 Å². The number of likely N-dealkylation sites (tertiary alicyclic amines) is 1. The Bertz CT molecular complexity index is 915. The molecular formula is C31H57N4O7+. The molecule has 242 valence electrons. The van der Waals surface area contributed by atoms with Crippen molar-refractivity contribution in [3.8, 4) is 0 Å². The van der Waals surface area contributed by atoms with Gasteiger partial charge in [0.25, 0.3) is 0 Å². The summed E-state index contributed by atoms with van der Waals surface area (Å²) in [7, 11) is 0. The highest BCUT2D eigenvalue weighted by molar-refractivity contribution is 5.86. The van der Waals surface area contributed by atoms with E-state index >= 15 is 0 Å². The number of hydrogen-bond acceptors (Lipinski definition) is 6. The summed E-state index contributed by atoms with van der Waals surface area (Å²) in [4.78, 5) is 51.4. The first-order valence-electron chi connectivity index (χ1n) is 16.0. The molecule has 1 aliphatic carbocycles. The Kier molecular flexibility index (Phi) is 13.5. The summed E-state index contributed by atoms with van der Waals surface area (Å²) in [6.07, 6.45) is 7.49. The maximum Gasteiger partial charge on any atom is 0.408 e. The van der Waals surface area contributed by atoms with Crippen LogP contribution < -0.4 is 16.1 Å². The first-order valence-corrected chi connectivity index (χ1v) is 16.0. The number of carbonyl (C=O) groups is 4. The van der Waals surface area contributed by atoms with Crippen molar-refractivity contribution >= 4 is 23.9 Å². The molecule has 0 bridgehead atoms. The van der Waals surface area contributed by atoms with Gasteiger partial charge in [0.2, 0.25) is 11.9 Å². The second kappa shape index (κ2) is 15.9. The van der Waals surface area contributed by atoms with E-state index in [1.54, 1.807) is 20.8 Å². The number of alkyl carbamates (subject to hydrolysis) is 1. The second-order valence-electron chi connectivity index (χ2n) is 14.0. The molecule has 11 heteroatoms. The summed E-state index contributed by atoms with van der Waals surface area (Å²) in [6.45, 7) is 13.8. The van der Waals surface area contributed by atoms with Crippen LogP contribution in [0.25, 0.3) is 0 Å². The number of hydrogen-bond donors (Lipinski definition) is 5. The predicted octanol–water partition coefficient (Wildman–Crippen LogP) is 4.45. The van der Waals surface area contributed by atoms with Crippen molar-refractivity contribution in [3.05, 3.63) is 0 Å². The van der Waals surface area contributed by atoms with E-state index in [0.717, 1.165) is 25.7 Å². The van der Waals surface area contributed by atoms with Crippen LogP contribution in [0.15, 0.2) is 0 Å². The minimum Gasteiger partial charge on any atom is -0.480 e. The van der Waals surface area contributed by atoms with Gasteiger partial charge >= 0.3 is 18.0 Å². The lowest BCUT2D eigenvalue weighted by atomic mass is 9.84. The monoisotopic (exact) mass is 597 g/mol. The summed E-state index contributed by atoms with van der Waals surface area (Å²) in [5.74, 6) is -2.04. The molecule has 6 atom stereocenters. The minimum atomic E-state index is -1.02. The van der Waals surface area contributed by atoms with Crippen LogP contribution in [0.3, 0.4) is 0 Å². The Balaban J connectivity index is 2.36. The first-order chi connectivity index (χ1) is 19.6. The molecule has 5 N–H and O–H groups in total. The van der Waals surface area contributed by atoms with E-state index < -0.39 is 47.8 Å². The number of rotatable bonds is 15. The lowest BCUT2D eigenvalue weighted by Crippen LogP contribution is -2.71. The maximum atomic E-state index is 13.9. The van der Waals surface area contributed by atoms with Crippen LogP contribution in [0.5, 0.6) is 0 Å². The maximum absolute atomic E-state index is 13.9. The van der Waals surface area contributed by atoms with Gasteiger partial charge in [-0.15, -0.1) is 0 Å². The smallest absolute Gasteiger partial charge is 0.408 e. The van der Waals surface area contributed by atoms with Gasteiger partial charge in [-0.05, 0) is 51.4 Å². The highest BCUT2D eigenvalue weighted by Gasteiger charge is 2.51. The molecule has 0 spiro atoms. The molecule has 2 aliphatic rings. The first kappa shape index (κ1) is 35.8. The number of ether oxygens (including phenoxy) is 1. The van der Waals surface area contributed by atoms with Gasteiger partial charge in [0.05, 0.1) is 12.6 Å². The van der Waals surface area contributed by atoms with Gasteiger partial charge in [0, 0.05) is 12.8 Å². The zero-order valence-electron chi connectivity index (χ0n) is 26.9. The fraction of sp³-hybridized carbons (Fsp3) is 0.871. The third-order valence-corrected chi connectivity index (χ3v) is 8.74. The summed E-state index contributed by atoms with van der Waals surface area (Å²) in [5, 5.41) is 26.2. The molecule has 0 radical (unpaired) electrons. The molecule has 42 heavy (non-hydrogen) atoms. The molecule has 2 rings (SSSR count). The number of carboxylic acid groups (broad SMARTS) is 2. The van der Waals surface area contributed by atoms with Crippen molar-refractivity contribution in [2.45, 2.75) is 142 Å². The van der Waals surface area contributed by atoms with Gasteiger partial charge in [0.1, 0.15) is 18.2 Å². The standard InChI is InChI=1S/C31H56N4O7/c1-8-21(4)26(29(39)40)34-35(16-12-15-25(35)28(37)38)19-23(17-20(2)3)32-27(36)24(18-22-13-10-9-11-14-22)33-30(41)42-31(5,6)7/h20-26,34H,8-19H2,1-7H3,(H3-,32,33,36,37,38,39,40,41)/p+1/t21-,23?,24-,25-,26-,35?/m0/s1. The molecule has 1 aliphatic heterocycles. The third-order valence-electron chi connectivity index (χ3n) is 8.74. The van der Waals surface area contributed by atoms with Gasteiger partial charge in [-0.2, -0.15) is 5.43 Å². The number of carbonyl (C=O) groups excluding carboxylic acids is 2. The highest BCUT2D eigenvalue weighted by atomic mass is 16.6. The molecule has 1 saturated heterocycles. The summed E-state index contributed by atoms with van der Waals surface area (Å²) < 4.78 is 5.37. The quantitative estimate of drug-likeness (QED) is 0.174. The lowest BCUT2D eigenvalue weighted by Gasteiger charge is -2.43. The van der Waals surface area contributed by atoms with Gasteiger partial charge in [-0.25, -0.2) is 14.2 Å². The summed E-state index contributed by atoms with van der Waals surface area (Å²) in [6, 6.07) is -3.00. The SMILES string of the molecule is CC[C@H](C)[C@H](N[N+]1(CC(CC(C)C)NC(=O)[C@H](CC2CCCCC2)NC(=O)OC(C)(C)C)CCC[C@H]1C(=O)O)C(=O)O. The van der Waals surface area contributed by atoms with Gasteiger partial charge in [0.15, 0.2) is 6.04 Å². The van der Waals surface area contributed by atoms with E-state index in [-0.39, 0.29) is 28.9 Å². The Morgan fingerprint density at radius 1 is 0.952 bits per heavy atom. The minimum absolute atomic E-state index is 0.110. The summed E-state index contributed by atoms with van der Waals surface area (Å²) >= 11 is 0. The molecule has 11 nitrogen and oxygen atoms in total. The van der Waals surface area contributed by atoms with Crippen LogP contribution in [-0.4, -0.2) is 81.6 Å². The van der Waals surface area contributed by atoms with Crippen LogP contribution in [0.4, 0.5) is 4.79 Å². The molecule has 2 fully saturated rings. The molecule has 0 aromatic rings. The number of aliphatic carboxylic acids is 2. The molecule has 2 amide bonds. The Morgan fingerprint density at radius 2 is 1.60 bits per heavy atom. The van der Waals surface area contributed by atoms with Crippen LogP contribution in [0.1, 0.15) is 113 Å². The van der Waals surface area contributed by atoms with E-state index in [1.165, 1.54) is 6.42 Å². The van der Waals surface area contributed by atoms with Crippen molar-refractivity contribution in [1.82, 2.24) is 16.1 Å². The second-order valence-corrected chi connectivity index (χ2v) is 14.0. The van der Waals surface area contributed by atoms with Crippen molar-refractivity contribution in [3.63, 3.8) is 0 Å². The zero-order chi connectivity index (χ0) is 31.7. The van der Waals surface area contributed by atoms with Crippen molar-refractivity contribution in [2.75, 3.05) is 13.1 Å². The van der Waals surface area contributed by atoms with Crippen molar-refractivity contribution in [1.29, 1.82) is 0 Å². The van der Waals surface area contributed by atoms with Gasteiger partial charge in [-0.3, -0.25) is 9.59 Å². The van der Waals surface area contributed by atoms with Crippen LogP contribution in [0.2, 0.25) is 0 Å². The van der Waals surface area contributed by atoms with E-state index in [0.29, 0.717) is 44.6 Å². The average molecular weight is 598 g/mol. The molecule has 0 aromatic heterocycles. The average Bonchev–Trinajstić information content (AvgIpc) is 3.28. The van der Waals surface area contributed by atoms with E-state index in [4.69, 9.17) is 4.74 Å². The van der Waals surface area contributed by atoms with Crippen LogP contribution in [-0.2, 0) is 19.1 Å². The summed E-state index contributed by atoms with van der Waals surface area (Å²) in [5.41, 5.74) is 2.54. The van der Waals surface area contributed by atoms with E-state index in [1.807, 2.05) is 27.7 Å². The van der Waals surface area contributed by atoms with E-state index in [9.17, 15) is 29.4 Å². The largest absolute Gasteiger partial charge is 0.480 e. The predicted molar refractivity (Wildman–Crippen MR) is 160 cm³/mol. The van der Waals surface area contributed by atoms with Crippen LogP contribution in [0, 0.1) is 17.8 Å². The van der Waals surface area contributed by atoms with Gasteiger partial charge in [-0.1, -0.05) is 66.2 Å². The number of amides is 2. The number of nitrogens with one attached hydrogen (secondary N) is 3. The molecule has 0 aromatic carbocycles. The van der Waals surface area contributed by atoms with Crippen LogP contribution >= 0.6 is 0 Å². The fourth-order valence-corrected chi connectivity index (χ4v) is 6.55. The zero-order valence-corrected chi connectivity index (χ0v) is 26.9. The van der Waals surface area contributed by atoms with Crippen molar-refractivity contribution in [2.24, 2.45) is 17.8 Å². The number of nitrogens with zero attached hydrogens (tertiary/aromatic N) is 1. The molecule has 2 unspecified atom stereocenters. The molecule has 1 heterocycles. The normalized spacial score (nSPS) is 24.4. The molecular weight excluding hydrogens is 540 g/mol. The Hall–Kier alpha value is -2.40. The van der Waals surface area contributed by atoms with Gasteiger partial charge < -0.3 is 25.6 Å². The Morgan fingerprint density at radius 3 is 2.12 bits per heavy atom. The van der Waals surface area contributed by atoms with Crippen molar-refractivity contribution < 1.29 is 38.7 Å².